The van der Waals surface area contributed by atoms with Crippen LogP contribution in [0.25, 0.3) is 10.9 Å². The van der Waals surface area contributed by atoms with E-state index in [1.54, 1.807) is 39.5 Å². The lowest BCUT2D eigenvalue weighted by molar-refractivity contribution is 0.0505. The van der Waals surface area contributed by atoms with Gasteiger partial charge < -0.3 is 28.7 Å². The number of methoxy groups -OCH3 is 3. The zero-order valence-electron chi connectivity index (χ0n) is 21.9. The molecular formula is C29H35N3O5. The van der Waals surface area contributed by atoms with Gasteiger partial charge in [-0.25, -0.2) is 4.98 Å². The van der Waals surface area contributed by atoms with Crippen molar-refractivity contribution in [2.45, 2.75) is 38.3 Å². The van der Waals surface area contributed by atoms with E-state index >= 15 is 0 Å². The van der Waals surface area contributed by atoms with Gasteiger partial charge in [-0.3, -0.25) is 4.79 Å². The Morgan fingerprint density at radius 3 is 2.46 bits per heavy atom. The quantitative estimate of drug-likeness (QED) is 0.418. The minimum Gasteiger partial charge on any atom is -0.497 e. The fourth-order valence-electron chi connectivity index (χ4n) is 5.23. The number of aromatic nitrogens is 1. The molecule has 2 aliphatic heterocycles. The third-order valence-electron chi connectivity index (χ3n) is 7.22. The largest absolute Gasteiger partial charge is 0.497 e. The Balaban J connectivity index is 1.54. The smallest absolute Gasteiger partial charge is 0.258 e. The van der Waals surface area contributed by atoms with Crippen LogP contribution in [0.2, 0.25) is 0 Å². The van der Waals surface area contributed by atoms with Gasteiger partial charge in [0.1, 0.15) is 23.1 Å². The molecule has 1 aromatic heterocycles. The number of pyridine rings is 1. The first-order chi connectivity index (χ1) is 18.1. The predicted molar refractivity (Wildman–Crippen MR) is 143 cm³/mol. The van der Waals surface area contributed by atoms with Gasteiger partial charge in [-0.1, -0.05) is 0 Å². The van der Waals surface area contributed by atoms with Crippen LogP contribution in [0.1, 0.15) is 41.6 Å². The Bertz CT molecular complexity index is 1250. The number of amides is 1. The highest BCUT2D eigenvalue weighted by Crippen LogP contribution is 2.32. The van der Waals surface area contributed by atoms with Crippen molar-refractivity contribution in [1.82, 2.24) is 9.88 Å². The lowest BCUT2D eigenvalue weighted by Crippen LogP contribution is -2.37. The van der Waals surface area contributed by atoms with E-state index in [1.165, 1.54) is 0 Å². The first-order valence-electron chi connectivity index (χ1n) is 12.9. The number of benzene rings is 2. The number of carbonyl (C=O) groups excluding carboxylic acids is 1. The van der Waals surface area contributed by atoms with E-state index < -0.39 is 0 Å². The fourth-order valence-corrected chi connectivity index (χ4v) is 5.23. The summed E-state index contributed by atoms with van der Waals surface area (Å²) in [5.74, 6) is 2.75. The molecule has 2 aromatic carbocycles. The molecule has 0 saturated carbocycles. The van der Waals surface area contributed by atoms with Crippen LogP contribution in [-0.4, -0.2) is 69.5 Å². The van der Waals surface area contributed by atoms with Crippen LogP contribution in [-0.2, 0) is 11.3 Å². The van der Waals surface area contributed by atoms with E-state index in [9.17, 15) is 4.79 Å². The average Bonchev–Trinajstić information content (AvgIpc) is 3.66. The molecular weight excluding hydrogens is 470 g/mol. The maximum absolute atomic E-state index is 14.0. The van der Waals surface area contributed by atoms with Crippen molar-refractivity contribution in [1.29, 1.82) is 0 Å². The third-order valence-corrected chi connectivity index (χ3v) is 7.22. The van der Waals surface area contributed by atoms with Crippen molar-refractivity contribution in [3.05, 3.63) is 53.6 Å². The van der Waals surface area contributed by atoms with E-state index in [-0.39, 0.29) is 12.0 Å². The number of nitrogens with zero attached hydrogens (tertiary/aromatic N) is 3. The van der Waals surface area contributed by atoms with E-state index in [2.05, 4.69) is 11.0 Å². The van der Waals surface area contributed by atoms with Gasteiger partial charge >= 0.3 is 0 Å². The molecule has 0 aliphatic carbocycles. The summed E-state index contributed by atoms with van der Waals surface area (Å²) in [7, 11) is 4.84. The van der Waals surface area contributed by atoms with Crippen molar-refractivity contribution in [2.24, 2.45) is 0 Å². The Hall–Kier alpha value is -3.52. The van der Waals surface area contributed by atoms with Crippen LogP contribution >= 0.6 is 0 Å². The normalized spacial score (nSPS) is 17.3. The number of ether oxygens (including phenoxy) is 4. The topological polar surface area (TPSA) is 73.4 Å². The van der Waals surface area contributed by atoms with Gasteiger partial charge in [0.15, 0.2) is 0 Å². The van der Waals surface area contributed by atoms with E-state index in [0.717, 1.165) is 73.4 Å². The molecule has 0 radical (unpaired) electrons. The molecule has 3 aromatic rings. The zero-order valence-corrected chi connectivity index (χ0v) is 21.9. The maximum Gasteiger partial charge on any atom is 0.258 e. The number of carbonyl (C=O) groups is 1. The molecule has 5 rings (SSSR count). The predicted octanol–water partition coefficient (Wildman–Crippen LogP) is 4.68. The highest BCUT2D eigenvalue weighted by Gasteiger charge is 2.28. The van der Waals surface area contributed by atoms with E-state index in [4.69, 9.17) is 23.9 Å². The SMILES string of the molecule is COc1ccc(C(=O)N(Cc2cc3ccc(OC)cc3nc2N2CCCC2)CC2CCCO2)c(OC)c1. The van der Waals surface area contributed by atoms with Crippen LogP contribution in [0.5, 0.6) is 17.2 Å². The summed E-state index contributed by atoms with van der Waals surface area (Å²) in [6.07, 6.45) is 4.24. The Morgan fingerprint density at radius 2 is 1.76 bits per heavy atom. The molecule has 37 heavy (non-hydrogen) atoms. The average molecular weight is 506 g/mol. The van der Waals surface area contributed by atoms with Gasteiger partial charge in [0, 0.05) is 55.9 Å². The molecule has 2 fully saturated rings. The second kappa shape index (κ2) is 11.3. The molecule has 8 nitrogen and oxygen atoms in total. The Labute approximate surface area is 218 Å². The van der Waals surface area contributed by atoms with Gasteiger partial charge in [-0.15, -0.1) is 0 Å². The minimum atomic E-state index is -0.0998. The molecule has 8 heteroatoms. The minimum absolute atomic E-state index is 0.0149. The molecule has 196 valence electrons. The van der Waals surface area contributed by atoms with Crippen LogP contribution in [0.4, 0.5) is 5.82 Å². The van der Waals surface area contributed by atoms with Gasteiger partial charge in [0.2, 0.25) is 0 Å². The maximum atomic E-state index is 14.0. The summed E-state index contributed by atoms with van der Waals surface area (Å²) in [6.45, 7) is 3.59. The van der Waals surface area contributed by atoms with Gasteiger partial charge in [0.25, 0.3) is 5.91 Å². The molecule has 1 atom stereocenters. The van der Waals surface area contributed by atoms with Crippen LogP contribution in [0.15, 0.2) is 42.5 Å². The van der Waals surface area contributed by atoms with Crippen LogP contribution in [0, 0.1) is 0 Å². The summed E-state index contributed by atoms with van der Waals surface area (Å²) >= 11 is 0. The molecule has 1 amide bonds. The lowest BCUT2D eigenvalue weighted by Gasteiger charge is -2.29. The van der Waals surface area contributed by atoms with Gasteiger partial charge in [-0.2, -0.15) is 0 Å². The molecule has 0 N–H and O–H groups in total. The van der Waals surface area contributed by atoms with Crippen molar-refractivity contribution in [3.8, 4) is 17.2 Å². The summed E-state index contributed by atoms with van der Waals surface area (Å²) < 4.78 is 22.3. The Kier molecular flexibility index (Phi) is 7.65. The standard InChI is InChI=1S/C29H35N3O5/c1-34-22-9-8-20-15-21(28(30-26(20)16-22)31-12-4-5-13-31)18-32(19-24-7-6-14-37-24)29(33)25-11-10-23(35-2)17-27(25)36-3/h8-11,15-17,24H,4-7,12-14,18-19H2,1-3H3. The second-order valence-electron chi connectivity index (χ2n) is 9.61. The van der Waals surface area contributed by atoms with Crippen molar-refractivity contribution in [2.75, 3.05) is 52.5 Å². The monoisotopic (exact) mass is 505 g/mol. The highest BCUT2D eigenvalue weighted by atomic mass is 16.5. The summed E-state index contributed by atoms with van der Waals surface area (Å²) in [4.78, 5) is 23.3. The first-order valence-corrected chi connectivity index (χ1v) is 12.9. The number of hydrogen-bond acceptors (Lipinski definition) is 7. The Morgan fingerprint density at radius 1 is 1.00 bits per heavy atom. The van der Waals surface area contributed by atoms with Gasteiger partial charge in [0.05, 0.1) is 38.5 Å². The number of anilines is 1. The summed E-state index contributed by atoms with van der Waals surface area (Å²) in [5.41, 5.74) is 2.42. The van der Waals surface area contributed by atoms with Crippen LogP contribution in [0.3, 0.4) is 0 Å². The molecule has 3 heterocycles. The number of hydrogen-bond donors (Lipinski definition) is 0. The summed E-state index contributed by atoms with van der Waals surface area (Å²) in [5, 5.41) is 1.02. The third kappa shape index (κ3) is 5.44. The summed E-state index contributed by atoms with van der Waals surface area (Å²) in [6, 6.07) is 13.4. The van der Waals surface area contributed by atoms with E-state index in [1.807, 2.05) is 23.1 Å². The molecule has 0 bridgehead atoms. The lowest BCUT2D eigenvalue weighted by atomic mass is 10.1. The number of fused-ring (bicyclic) bond motifs is 1. The van der Waals surface area contributed by atoms with Crippen molar-refractivity contribution < 1.29 is 23.7 Å². The molecule has 2 saturated heterocycles. The molecule has 2 aliphatic rings. The molecule has 1 unspecified atom stereocenters. The fraction of sp³-hybridized carbons (Fsp3) is 0.448. The van der Waals surface area contributed by atoms with E-state index in [0.29, 0.717) is 30.2 Å². The van der Waals surface area contributed by atoms with Crippen molar-refractivity contribution in [3.63, 3.8) is 0 Å². The number of rotatable bonds is 9. The first kappa shape index (κ1) is 25.1. The zero-order chi connectivity index (χ0) is 25.8. The van der Waals surface area contributed by atoms with Gasteiger partial charge in [-0.05, 0) is 56.0 Å². The second-order valence-corrected chi connectivity index (χ2v) is 9.61. The highest BCUT2D eigenvalue weighted by molar-refractivity contribution is 5.97. The molecule has 0 spiro atoms. The van der Waals surface area contributed by atoms with Crippen molar-refractivity contribution >= 4 is 22.6 Å². The van der Waals surface area contributed by atoms with Crippen LogP contribution < -0.4 is 19.1 Å².